The molecule has 0 saturated heterocycles. The number of urea groups is 1. The first kappa shape index (κ1) is 20.0. The summed E-state index contributed by atoms with van der Waals surface area (Å²) in [6.07, 6.45) is 0. The highest BCUT2D eigenvalue weighted by molar-refractivity contribution is 5.89. The highest BCUT2D eigenvalue weighted by Crippen LogP contribution is 2.29. The summed E-state index contributed by atoms with van der Waals surface area (Å²) in [5, 5.41) is 5.44. The van der Waals surface area contributed by atoms with E-state index >= 15 is 0 Å². The molecule has 0 bridgehead atoms. The van der Waals surface area contributed by atoms with Crippen molar-refractivity contribution < 1.29 is 28.5 Å². The molecule has 2 rings (SSSR count). The number of carbonyl (C=O) groups excluding carboxylic acids is 1. The van der Waals surface area contributed by atoms with E-state index in [-0.39, 0.29) is 12.6 Å². The molecule has 2 N–H and O–H groups in total. The topological polar surface area (TPSA) is 87.3 Å². The second-order valence-corrected chi connectivity index (χ2v) is 5.35. The minimum Gasteiger partial charge on any atom is -0.496 e. The molecular weight excluding hydrogens is 352 g/mol. The third-order valence-corrected chi connectivity index (χ3v) is 3.62. The van der Waals surface area contributed by atoms with E-state index in [4.69, 9.17) is 23.7 Å². The highest BCUT2D eigenvalue weighted by Gasteiger charge is 2.07. The number of methoxy groups -OCH3 is 4. The van der Waals surface area contributed by atoms with E-state index in [1.54, 1.807) is 57.7 Å². The number of rotatable bonds is 9. The van der Waals surface area contributed by atoms with Crippen LogP contribution in [0, 0.1) is 0 Å². The van der Waals surface area contributed by atoms with Crippen molar-refractivity contribution in [2.24, 2.45) is 0 Å². The van der Waals surface area contributed by atoms with E-state index < -0.39 is 0 Å². The van der Waals surface area contributed by atoms with Crippen molar-refractivity contribution >= 4 is 11.7 Å². The zero-order chi connectivity index (χ0) is 19.6. The Morgan fingerprint density at radius 3 is 2.04 bits per heavy atom. The second kappa shape index (κ2) is 10.0. The molecule has 8 nitrogen and oxygen atoms in total. The zero-order valence-corrected chi connectivity index (χ0v) is 15.8. The monoisotopic (exact) mass is 376 g/mol. The van der Waals surface area contributed by atoms with Crippen molar-refractivity contribution in [1.82, 2.24) is 5.32 Å². The number of carbonyl (C=O) groups is 1. The van der Waals surface area contributed by atoms with Crippen molar-refractivity contribution in [3.63, 3.8) is 0 Å². The predicted octanol–water partition coefficient (Wildman–Crippen LogP) is 2.92. The fourth-order valence-corrected chi connectivity index (χ4v) is 2.29. The molecule has 2 aromatic rings. The van der Waals surface area contributed by atoms with Gasteiger partial charge in [-0.25, -0.2) is 4.79 Å². The molecule has 0 aliphatic heterocycles. The quantitative estimate of drug-likeness (QED) is 0.655. The van der Waals surface area contributed by atoms with Gasteiger partial charge in [0.15, 0.2) is 11.5 Å². The summed E-state index contributed by atoms with van der Waals surface area (Å²) < 4.78 is 26.4. The van der Waals surface area contributed by atoms with Gasteiger partial charge in [0.05, 0.1) is 35.0 Å². The average molecular weight is 376 g/mol. The minimum atomic E-state index is -0.353. The molecule has 146 valence electrons. The van der Waals surface area contributed by atoms with Crippen LogP contribution in [0.4, 0.5) is 10.5 Å². The molecular formula is C19H24N2O6. The number of ether oxygens (including phenoxy) is 5. The Balaban J connectivity index is 1.81. The molecule has 0 heterocycles. The minimum absolute atomic E-state index is 0.287. The SMILES string of the molecule is COc1cc(OC)cc(OCCNC(=O)Nc2ccc(OC)c(OC)c2)c1. The normalized spacial score (nSPS) is 9.93. The van der Waals surface area contributed by atoms with E-state index in [9.17, 15) is 4.79 Å². The molecule has 0 radical (unpaired) electrons. The van der Waals surface area contributed by atoms with Crippen molar-refractivity contribution in [1.29, 1.82) is 0 Å². The zero-order valence-electron chi connectivity index (χ0n) is 15.8. The summed E-state index contributed by atoms with van der Waals surface area (Å²) in [7, 11) is 6.22. The van der Waals surface area contributed by atoms with E-state index in [0.29, 0.717) is 41.0 Å². The maximum absolute atomic E-state index is 12.0. The van der Waals surface area contributed by atoms with Gasteiger partial charge in [-0.05, 0) is 12.1 Å². The van der Waals surface area contributed by atoms with Crippen LogP contribution in [0.2, 0.25) is 0 Å². The summed E-state index contributed by atoms with van der Waals surface area (Å²) >= 11 is 0. The summed E-state index contributed by atoms with van der Waals surface area (Å²) in [4.78, 5) is 12.0. The molecule has 2 amide bonds. The molecule has 0 fully saturated rings. The van der Waals surface area contributed by atoms with Crippen molar-refractivity contribution in [2.45, 2.75) is 0 Å². The van der Waals surface area contributed by atoms with Gasteiger partial charge >= 0.3 is 6.03 Å². The van der Waals surface area contributed by atoms with Gasteiger partial charge in [-0.2, -0.15) is 0 Å². The van der Waals surface area contributed by atoms with Crippen LogP contribution in [0.15, 0.2) is 36.4 Å². The Morgan fingerprint density at radius 2 is 1.44 bits per heavy atom. The Morgan fingerprint density at radius 1 is 0.815 bits per heavy atom. The summed E-state index contributed by atoms with van der Waals surface area (Å²) in [5.41, 5.74) is 0.587. The molecule has 2 aromatic carbocycles. The molecule has 0 unspecified atom stereocenters. The van der Waals surface area contributed by atoms with E-state index in [1.807, 2.05) is 0 Å². The maximum atomic E-state index is 12.0. The smallest absolute Gasteiger partial charge is 0.319 e. The van der Waals surface area contributed by atoms with Crippen LogP contribution in [0.5, 0.6) is 28.7 Å². The van der Waals surface area contributed by atoms with Gasteiger partial charge in [0.2, 0.25) is 0 Å². The van der Waals surface area contributed by atoms with Gasteiger partial charge < -0.3 is 34.3 Å². The van der Waals surface area contributed by atoms with Gasteiger partial charge in [0, 0.05) is 30.0 Å². The van der Waals surface area contributed by atoms with E-state index in [1.165, 1.54) is 7.11 Å². The van der Waals surface area contributed by atoms with E-state index in [2.05, 4.69) is 10.6 Å². The third-order valence-electron chi connectivity index (χ3n) is 3.62. The lowest BCUT2D eigenvalue weighted by Gasteiger charge is -2.12. The fraction of sp³-hybridized carbons (Fsp3) is 0.316. The molecule has 0 spiro atoms. The lowest BCUT2D eigenvalue weighted by molar-refractivity contribution is 0.247. The number of amides is 2. The number of anilines is 1. The van der Waals surface area contributed by atoms with Crippen molar-refractivity contribution in [3.8, 4) is 28.7 Å². The van der Waals surface area contributed by atoms with Gasteiger partial charge in [0.1, 0.15) is 23.9 Å². The standard InChI is InChI=1S/C19H24N2O6/c1-23-14-10-15(24-2)12-16(11-14)27-8-7-20-19(22)21-13-5-6-17(25-3)18(9-13)26-4/h5-6,9-12H,7-8H2,1-4H3,(H2,20,21,22). The number of hydrogen-bond acceptors (Lipinski definition) is 6. The molecule has 0 aromatic heterocycles. The summed E-state index contributed by atoms with van der Waals surface area (Å²) in [6, 6.07) is 10.00. The van der Waals surface area contributed by atoms with Gasteiger partial charge in [0.25, 0.3) is 0 Å². The molecule has 0 aliphatic carbocycles. The Kier molecular flexibility index (Phi) is 7.42. The Labute approximate surface area is 158 Å². The first-order valence-corrected chi connectivity index (χ1v) is 8.22. The number of benzene rings is 2. The van der Waals surface area contributed by atoms with Crippen molar-refractivity contribution in [3.05, 3.63) is 36.4 Å². The Hall–Kier alpha value is -3.29. The van der Waals surface area contributed by atoms with Gasteiger partial charge in [-0.1, -0.05) is 0 Å². The number of nitrogens with one attached hydrogen (secondary N) is 2. The van der Waals surface area contributed by atoms with Crippen molar-refractivity contribution in [2.75, 3.05) is 46.9 Å². The summed E-state index contributed by atoms with van der Waals surface area (Å²) in [5.74, 6) is 2.97. The molecule has 8 heteroatoms. The van der Waals surface area contributed by atoms with Gasteiger partial charge in [-0.3, -0.25) is 0 Å². The van der Waals surface area contributed by atoms with Crippen LogP contribution >= 0.6 is 0 Å². The molecule has 0 atom stereocenters. The van der Waals surface area contributed by atoms with Crippen LogP contribution in [0.3, 0.4) is 0 Å². The molecule has 0 saturated carbocycles. The largest absolute Gasteiger partial charge is 0.496 e. The fourth-order valence-electron chi connectivity index (χ4n) is 2.29. The average Bonchev–Trinajstić information content (AvgIpc) is 2.70. The van der Waals surface area contributed by atoms with Crippen LogP contribution < -0.4 is 34.3 Å². The molecule has 27 heavy (non-hydrogen) atoms. The van der Waals surface area contributed by atoms with Crippen LogP contribution in [-0.4, -0.2) is 47.6 Å². The first-order valence-electron chi connectivity index (χ1n) is 8.22. The number of hydrogen-bond donors (Lipinski definition) is 2. The molecule has 0 aliphatic rings. The first-order chi connectivity index (χ1) is 13.1. The van der Waals surface area contributed by atoms with Crippen LogP contribution in [0.1, 0.15) is 0 Å². The van der Waals surface area contributed by atoms with Crippen LogP contribution in [0.25, 0.3) is 0 Å². The Bertz CT molecular complexity index is 744. The maximum Gasteiger partial charge on any atom is 0.319 e. The van der Waals surface area contributed by atoms with E-state index in [0.717, 1.165) is 0 Å². The lowest BCUT2D eigenvalue weighted by Crippen LogP contribution is -2.32. The summed E-state index contributed by atoms with van der Waals surface area (Å²) in [6.45, 7) is 0.605. The van der Waals surface area contributed by atoms with Crippen LogP contribution in [-0.2, 0) is 0 Å². The third kappa shape index (κ3) is 5.88. The van der Waals surface area contributed by atoms with Gasteiger partial charge in [-0.15, -0.1) is 0 Å². The lowest BCUT2D eigenvalue weighted by atomic mass is 10.3. The predicted molar refractivity (Wildman–Crippen MR) is 102 cm³/mol. The second-order valence-electron chi connectivity index (χ2n) is 5.35. The highest BCUT2D eigenvalue weighted by atomic mass is 16.5.